The van der Waals surface area contributed by atoms with E-state index in [1.165, 1.54) is 38.5 Å². The fourth-order valence-electron chi connectivity index (χ4n) is 0.994. The lowest BCUT2D eigenvalue weighted by molar-refractivity contribution is 0.812. The largest absolute Gasteiger partial charge is 0.0845 e. The van der Waals surface area contributed by atoms with Gasteiger partial charge in [-0.1, -0.05) is 63.8 Å². The number of allylic oxidation sites excluding steroid dienone is 4. The Balaban J connectivity index is 3.15. The molecule has 0 N–H and O–H groups in total. The summed E-state index contributed by atoms with van der Waals surface area (Å²) < 4.78 is 0. The zero-order valence-corrected chi connectivity index (χ0v) is 8.55. The molecule has 0 unspecified atom stereocenters. The molecule has 0 aromatic rings. The van der Waals surface area contributed by atoms with E-state index in [0.717, 1.165) is 0 Å². The van der Waals surface area contributed by atoms with E-state index in [1.54, 1.807) is 0 Å². The molecule has 12 heavy (non-hydrogen) atoms. The monoisotopic (exact) mass is 166 g/mol. The Morgan fingerprint density at radius 1 is 0.750 bits per heavy atom. The first-order valence-electron chi connectivity index (χ1n) is 5.23. The van der Waals surface area contributed by atoms with Crippen LogP contribution < -0.4 is 0 Å². The minimum atomic E-state index is 1.23. The van der Waals surface area contributed by atoms with Crippen molar-refractivity contribution in [3.05, 3.63) is 24.3 Å². The summed E-state index contributed by atoms with van der Waals surface area (Å²) in [5.74, 6) is 0. The smallest absolute Gasteiger partial charge is 0.0348 e. The Hall–Kier alpha value is -0.520. The van der Waals surface area contributed by atoms with E-state index in [-0.39, 0.29) is 0 Å². The quantitative estimate of drug-likeness (QED) is 0.386. The lowest BCUT2D eigenvalue weighted by Gasteiger charge is -1.87. The molecular weight excluding hydrogens is 144 g/mol. The first-order chi connectivity index (χ1) is 5.91. The summed E-state index contributed by atoms with van der Waals surface area (Å²) in [6.45, 7) is 4.45. The second-order valence-electron chi connectivity index (χ2n) is 3.14. The van der Waals surface area contributed by atoms with Crippen LogP contribution in [0.3, 0.4) is 0 Å². The lowest BCUT2D eigenvalue weighted by atomic mass is 10.2. The maximum Gasteiger partial charge on any atom is -0.0348 e. The molecule has 0 saturated heterocycles. The number of rotatable bonds is 7. The lowest BCUT2D eigenvalue weighted by Crippen LogP contribution is -1.67. The van der Waals surface area contributed by atoms with Gasteiger partial charge in [0.05, 0.1) is 0 Å². The summed E-state index contributed by atoms with van der Waals surface area (Å²) in [5, 5.41) is 0. The fraction of sp³-hybridized carbons (Fsp3) is 0.667. The van der Waals surface area contributed by atoms with Crippen LogP contribution in [0.1, 0.15) is 52.4 Å². The highest BCUT2D eigenvalue weighted by atomic mass is 13.8. The summed E-state index contributed by atoms with van der Waals surface area (Å²) in [6, 6.07) is 0. The van der Waals surface area contributed by atoms with Crippen LogP contribution in [0.25, 0.3) is 0 Å². The molecule has 0 heterocycles. The first-order valence-corrected chi connectivity index (χ1v) is 5.23. The SMILES string of the molecule is CCCC/C=C\C=C\CCCC. The van der Waals surface area contributed by atoms with Crippen molar-refractivity contribution in [1.29, 1.82) is 0 Å². The van der Waals surface area contributed by atoms with Crippen LogP contribution in [0.5, 0.6) is 0 Å². The maximum absolute atomic E-state index is 2.26. The molecule has 0 rings (SSSR count). The van der Waals surface area contributed by atoms with Gasteiger partial charge in [-0.3, -0.25) is 0 Å². The van der Waals surface area contributed by atoms with Crippen LogP contribution in [0.2, 0.25) is 0 Å². The highest BCUT2D eigenvalue weighted by Crippen LogP contribution is 1.97. The van der Waals surface area contributed by atoms with Gasteiger partial charge in [-0.2, -0.15) is 0 Å². The van der Waals surface area contributed by atoms with Crippen molar-refractivity contribution in [1.82, 2.24) is 0 Å². The molecule has 0 atom stereocenters. The van der Waals surface area contributed by atoms with Gasteiger partial charge in [-0.25, -0.2) is 0 Å². The van der Waals surface area contributed by atoms with Crippen LogP contribution in [0.15, 0.2) is 24.3 Å². The third-order valence-corrected chi connectivity index (χ3v) is 1.83. The van der Waals surface area contributed by atoms with Crippen LogP contribution in [0.4, 0.5) is 0 Å². The Bertz CT molecular complexity index is 104. The molecule has 70 valence electrons. The van der Waals surface area contributed by atoms with E-state index in [4.69, 9.17) is 0 Å². The van der Waals surface area contributed by atoms with Crippen LogP contribution in [0, 0.1) is 0 Å². The average Bonchev–Trinajstić information content (AvgIpc) is 2.10. The molecule has 0 aromatic heterocycles. The number of hydrogen-bond acceptors (Lipinski definition) is 0. The molecule has 0 aliphatic rings. The van der Waals surface area contributed by atoms with Gasteiger partial charge < -0.3 is 0 Å². The second kappa shape index (κ2) is 10.5. The fourth-order valence-corrected chi connectivity index (χ4v) is 0.994. The standard InChI is InChI=1S/C12H22/c1-3-5-7-9-11-12-10-8-6-4-2/h9-12H,3-8H2,1-2H3/b11-9-,12-10+. The Kier molecular flexibility index (Phi) is 10.0. The van der Waals surface area contributed by atoms with E-state index in [0.29, 0.717) is 0 Å². The topological polar surface area (TPSA) is 0 Å². The van der Waals surface area contributed by atoms with Crippen molar-refractivity contribution in [2.45, 2.75) is 52.4 Å². The molecule has 0 radical (unpaired) electrons. The van der Waals surface area contributed by atoms with Gasteiger partial charge in [-0.15, -0.1) is 0 Å². The van der Waals surface area contributed by atoms with E-state index in [2.05, 4.69) is 38.2 Å². The molecule has 0 spiro atoms. The number of unbranched alkanes of at least 4 members (excludes halogenated alkanes) is 4. The summed E-state index contributed by atoms with van der Waals surface area (Å²) in [4.78, 5) is 0. The average molecular weight is 166 g/mol. The normalized spacial score (nSPS) is 11.8. The molecular formula is C12H22. The van der Waals surface area contributed by atoms with E-state index in [1.807, 2.05) is 0 Å². The molecule has 0 nitrogen and oxygen atoms in total. The Morgan fingerprint density at radius 3 is 1.50 bits per heavy atom. The van der Waals surface area contributed by atoms with Gasteiger partial charge >= 0.3 is 0 Å². The predicted molar refractivity (Wildman–Crippen MR) is 57.3 cm³/mol. The second-order valence-corrected chi connectivity index (χ2v) is 3.14. The minimum Gasteiger partial charge on any atom is -0.0845 e. The predicted octanol–water partition coefficient (Wildman–Crippen LogP) is 4.48. The van der Waals surface area contributed by atoms with Gasteiger partial charge in [0.1, 0.15) is 0 Å². The van der Waals surface area contributed by atoms with Crippen molar-refractivity contribution < 1.29 is 0 Å². The molecule has 0 aromatic carbocycles. The molecule has 0 aliphatic heterocycles. The minimum absolute atomic E-state index is 1.23. The maximum atomic E-state index is 2.26. The van der Waals surface area contributed by atoms with Gasteiger partial charge in [0.2, 0.25) is 0 Å². The van der Waals surface area contributed by atoms with E-state index >= 15 is 0 Å². The number of hydrogen-bond donors (Lipinski definition) is 0. The summed E-state index contributed by atoms with van der Waals surface area (Å²) in [6.07, 6.45) is 16.5. The Morgan fingerprint density at radius 2 is 1.17 bits per heavy atom. The highest BCUT2D eigenvalue weighted by molar-refractivity contribution is 5.02. The van der Waals surface area contributed by atoms with Crippen molar-refractivity contribution in [2.24, 2.45) is 0 Å². The van der Waals surface area contributed by atoms with Crippen LogP contribution in [-0.4, -0.2) is 0 Å². The van der Waals surface area contributed by atoms with Crippen molar-refractivity contribution in [3.63, 3.8) is 0 Å². The molecule has 0 saturated carbocycles. The molecule has 0 fully saturated rings. The van der Waals surface area contributed by atoms with Gasteiger partial charge in [0, 0.05) is 0 Å². The molecule has 0 amide bonds. The summed E-state index contributed by atoms with van der Waals surface area (Å²) in [5.41, 5.74) is 0. The van der Waals surface area contributed by atoms with Gasteiger partial charge in [0.25, 0.3) is 0 Å². The molecule has 0 aliphatic carbocycles. The van der Waals surface area contributed by atoms with Gasteiger partial charge in [0.15, 0.2) is 0 Å². The molecule has 0 heteroatoms. The summed E-state index contributed by atoms with van der Waals surface area (Å²) >= 11 is 0. The van der Waals surface area contributed by atoms with Crippen molar-refractivity contribution >= 4 is 0 Å². The highest BCUT2D eigenvalue weighted by Gasteiger charge is 1.77. The zero-order valence-electron chi connectivity index (χ0n) is 8.55. The summed E-state index contributed by atoms with van der Waals surface area (Å²) in [7, 11) is 0. The zero-order chi connectivity index (χ0) is 9.07. The Labute approximate surface area is 77.4 Å². The van der Waals surface area contributed by atoms with Crippen molar-refractivity contribution in [2.75, 3.05) is 0 Å². The van der Waals surface area contributed by atoms with Crippen LogP contribution >= 0.6 is 0 Å². The van der Waals surface area contributed by atoms with Crippen molar-refractivity contribution in [3.8, 4) is 0 Å². The van der Waals surface area contributed by atoms with Gasteiger partial charge in [-0.05, 0) is 12.8 Å². The first kappa shape index (κ1) is 11.5. The van der Waals surface area contributed by atoms with E-state index < -0.39 is 0 Å². The third-order valence-electron chi connectivity index (χ3n) is 1.83. The van der Waals surface area contributed by atoms with E-state index in [9.17, 15) is 0 Å². The van der Waals surface area contributed by atoms with Crippen LogP contribution in [-0.2, 0) is 0 Å². The molecule has 0 bridgehead atoms. The third kappa shape index (κ3) is 9.48.